The van der Waals surface area contributed by atoms with Crippen LogP contribution in [0.1, 0.15) is 63.1 Å². The molecule has 0 radical (unpaired) electrons. The number of hydrogen-bond acceptors (Lipinski definition) is 5. The average Bonchev–Trinajstić information content (AvgIpc) is 2.92. The number of hydrogen-bond donors (Lipinski definition) is 1. The fourth-order valence-electron chi connectivity index (χ4n) is 3.60. The van der Waals surface area contributed by atoms with Crippen molar-refractivity contribution in [2.24, 2.45) is 11.1 Å². The highest BCUT2D eigenvalue weighted by Gasteiger charge is 2.41. The van der Waals surface area contributed by atoms with Crippen LogP contribution in [-0.4, -0.2) is 23.8 Å². The molecule has 5 nitrogen and oxygen atoms in total. The normalized spacial score (nSPS) is 24.3. The minimum atomic E-state index is -0.324. The Hall–Kier alpha value is -0.940. The van der Waals surface area contributed by atoms with Crippen molar-refractivity contribution in [3.63, 3.8) is 0 Å². The highest BCUT2D eigenvalue weighted by atomic mass is 16.5. The van der Waals surface area contributed by atoms with Crippen LogP contribution >= 0.6 is 0 Å². The molecule has 1 heterocycles. The summed E-state index contributed by atoms with van der Waals surface area (Å²) in [5.74, 6) is 1.47. The van der Waals surface area contributed by atoms with Crippen molar-refractivity contribution in [1.29, 1.82) is 0 Å². The predicted octanol–water partition coefficient (Wildman–Crippen LogP) is 2.55. The molecule has 20 heavy (non-hydrogen) atoms. The summed E-state index contributed by atoms with van der Waals surface area (Å²) >= 11 is 0. The minimum Gasteiger partial charge on any atom is -0.370 e. The summed E-state index contributed by atoms with van der Waals surface area (Å²) in [5.41, 5.74) is 5.78. The van der Waals surface area contributed by atoms with Gasteiger partial charge in [-0.1, -0.05) is 30.8 Å². The summed E-state index contributed by atoms with van der Waals surface area (Å²) in [5, 5.41) is 4.21. The summed E-state index contributed by atoms with van der Waals surface area (Å²) in [6, 6.07) is 0. The van der Waals surface area contributed by atoms with E-state index in [4.69, 9.17) is 15.0 Å². The van der Waals surface area contributed by atoms with Gasteiger partial charge in [0.15, 0.2) is 0 Å². The van der Waals surface area contributed by atoms with Gasteiger partial charge in [-0.15, -0.1) is 0 Å². The second-order valence-corrected chi connectivity index (χ2v) is 6.51. The van der Waals surface area contributed by atoms with E-state index in [0.717, 1.165) is 31.0 Å². The van der Waals surface area contributed by atoms with Crippen LogP contribution in [0.4, 0.5) is 0 Å². The third-order valence-corrected chi connectivity index (χ3v) is 5.30. The Morgan fingerprint density at radius 2 is 1.90 bits per heavy atom. The Morgan fingerprint density at radius 1 is 1.15 bits per heavy atom. The molecule has 1 aromatic heterocycles. The summed E-state index contributed by atoms with van der Waals surface area (Å²) in [6.45, 7) is 0.708. The first-order valence-electron chi connectivity index (χ1n) is 7.80. The van der Waals surface area contributed by atoms with Crippen molar-refractivity contribution in [3.8, 4) is 0 Å². The fraction of sp³-hybridized carbons (Fsp3) is 0.867. The highest BCUT2D eigenvalue weighted by Crippen LogP contribution is 2.43. The van der Waals surface area contributed by atoms with Crippen LogP contribution in [0.2, 0.25) is 0 Å². The lowest BCUT2D eigenvalue weighted by Crippen LogP contribution is -2.39. The number of nitrogens with zero attached hydrogens (tertiary/aromatic N) is 2. The van der Waals surface area contributed by atoms with Gasteiger partial charge in [-0.25, -0.2) is 0 Å². The molecule has 2 N–H and O–H groups in total. The summed E-state index contributed by atoms with van der Waals surface area (Å²) in [6.07, 6.45) is 10.0. The van der Waals surface area contributed by atoms with E-state index >= 15 is 0 Å². The Morgan fingerprint density at radius 3 is 2.45 bits per heavy atom. The van der Waals surface area contributed by atoms with Crippen LogP contribution in [0.15, 0.2) is 4.52 Å². The van der Waals surface area contributed by atoms with Gasteiger partial charge in [-0.05, 0) is 37.6 Å². The quantitative estimate of drug-likeness (QED) is 0.896. The molecule has 0 unspecified atom stereocenters. The van der Waals surface area contributed by atoms with E-state index in [0.29, 0.717) is 6.54 Å². The van der Waals surface area contributed by atoms with Crippen molar-refractivity contribution in [2.45, 2.75) is 63.4 Å². The van der Waals surface area contributed by atoms with Gasteiger partial charge in [0, 0.05) is 13.5 Å². The Labute approximate surface area is 120 Å². The van der Waals surface area contributed by atoms with Crippen molar-refractivity contribution in [2.75, 3.05) is 13.7 Å². The maximum absolute atomic E-state index is 5.90. The van der Waals surface area contributed by atoms with Gasteiger partial charge in [0.05, 0.1) is 0 Å². The van der Waals surface area contributed by atoms with Gasteiger partial charge < -0.3 is 15.0 Å². The van der Waals surface area contributed by atoms with Crippen molar-refractivity contribution < 1.29 is 9.26 Å². The molecule has 2 aliphatic carbocycles. The number of ether oxygens (including phenoxy) is 1. The molecule has 2 saturated carbocycles. The standard InChI is InChI=1S/C15H25N3O2/c1-19-15(8-3-2-4-9-15)13-17-12(20-18-13)10-14(11-16)6-5-7-14/h2-11,16H2,1H3. The molecule has 0 aromatic carbocycles. The van der Waals surface area contributed by atoms with Crippen LogP contribution in [0, 0.1) is 5.41 Å². The zero-order valence-corrected chi connectivity index (χ0v) is 12.4. The second kappa shape index (κ2) is 5.45. The van der Waals surface area contributed by atoms with E-state index in [2.05, 4.69) is 10.1 Å². The van der Waals surface area contributed by atoms with Crippen LogP contribution in [0.3, 0.4) is 0 Å². The molecule has 0 saturated heterocycles. The van der Waals surface area contributed by atoms with Gasteiger partial charge in [-0.2, -0.15) is 4.98 Å². The van der Waals surface area contributed by atoms with Crippen molar-refractivity contribution in [3.05, 3.63) is 11.7 Å². The van der Waals surface area contributed by atoms with Gasteiger partial charge in [-0.3, -0.25) is 0 Å². The Bertz CT molecular complexity index is 442. The fourth-order valence-corrected chi connectivity index (χ4v) is 3.60. The number of nitrogens with two attached hydrogens (primary N) is 1. The van der Waals surface area contributed by atoms with Gasteiger partial charge >= 0.3 is 0 Å². The molecule has 0 atom stereocenters. The van der Waals surface area contributed by atoms with Crippen LogP contribution in [0.25, 0.3) is 0 Å². The number of methoxy groups -OCH3 is 1. The number of aromatic nitrogens is 2. The van der Waals surface area contributed by atoms with Crippen LogP contribution < -0.4 is 5.73 Å². The highest BCUT2D eigenvalue weighted by molar-refractivity contribution is 5.05. The maximum atomic E-state index is 5.90. The maximum Gasteiger partial charge on any atom is 0.227 e. The molecule has 2 fully saturated rings. The topological polar surface area (TPSA) is 74.2 Å². The lowest BCUT2D eigenvalue weighted by atomic mass is 9.67. The van der Waals surface area contributed by atoms with Crippen LogP contribution in [0.5, 0.6) is 0 Å². The summed E-state index contributed by atoms with van der Waals surface area (Å²) in [4.78, 5) is 4.63. The molecular formula is C15H25N3O2. The molecule has 0 bridgehead atoms. The monoisotopic (exact) mass is 279 g/mol. The first-order chi connectivity index (χ1) is 9.72. The van der Waals surface area contributed by atoms with E-state index in [1.165, 1.54) is 38.5 Å². The van der Waals surface area contributed by atoms with Crippen molar-refractivity contribution in [1.82, 2.24) is 10.1 Å². The zero-order chi connectivity index (χ0) is 14.1. The lowest BCUT2D eigenvalue weighted by Gasteiger charge is -2.39. The van der Waals surface area contributed by atoms with Gasteiger partial charge in [0.25, 0.3) is 0 Å². The van der Waals surface area contributed by atoms with Gasteiger partial charge in [0.2, 0.25) is 11.7 Å². The Balaban J connectivity index is 1.75. The molecule has 3 rings (SSSR count). The lowest BCUT2D eigenvalue weighted by molar-refractivity contribution is -0.0527. The van der Waals surface area contributed by atoms with Crippen LogP contribution in [-0.2, 0) is 16.8 Å². The van der Waals surface area contributed by atoms with Crippen molar-refractivity contribution >= 4 is 0 Å². The van der Waals surface area contributed by atoms with E-state index in [9.17, 15) is 0 Å². The molecule has 0 aliphatic heterocycles. The van der Waals surface area contributed by atoms with Gasteiger partial charge in [0.1, 0.15) is 5.60 Å². The largest absolute Gasteiger partial charge is 0.370 e. The average molecular weight is 279 g/mol. The SMILES string of the molecule is COC1(c2noc(CC3(CN)CCC3)n2)CCCCC1. The van der Waals surface area contributed by atoms with E-state index in [-0.39, 0.29) is 11.0 Å². The number of rotatable bonds is 5. The molecule has 0 amide bonds. The molecule has 112 valence electrons. The first kappa shape index (κ1) is 14.0. The molecule has 2 aliphatic rings. The minimum absolute atomic E-state index is 0.205. The van der Waals surface area contributed by atoms with E-state index in [1.807, 2.05) is 0 Å². The molecule has 1 aromatic rings. The first-order valence-corrected chi connectivity index (χ1v) is 7.80. The smallest absolute Gasteiger partial charge is 0.227 e. The predicted molar refractivity (Wildman–Crippen MR) is 75.1 cm³/mol. The van der Waals surface area contributed by atoms with E-state index in [1.54, 1.807) is 7.11 Å². The summed E-state index contributed by atoms with van der Waals surface area (Å²) < 4.78 is 11.2. The third kappa shape index (κ3) is 2.37. The Kier molecular flexibility index (Phi) is 3.82. The zero-order valence-electron chi connectivity index (χ0n) is 12.4. The molecular weight excluding hydrogens is 254 g/mol. The second-order valence-electron chi connectivity index (χ2n) is 6.51. The molecule has 0 spiro atoms. The third-order valence-electron chi connectivity index (χ3n) is 5.30. The summed E-state index contributed by atoms with van der Waals surface area (Å²) in [7, 11) is 1.76. The molecule has 5 heteroatoms. The van der Waals surface area contributed by atoms with E-state index < -0.39 is 0 Å².